The highest BCUT2D eigenvalue weighted by atomic mass is 19.1. The van der Waals surface area contributed by atoms with E-state index in [0.29, 0.717) is 37.9 Å². The molecular formula is C16H19FN2O4. The molecule has 0 bridgehead atoms. The summed E-state index contributed by atoms with van der Waals surface area (Å²) in [7, 11) is 2.98. The smallest absolute Gasteiger partial charge is 0.253 e. The first-order valence-electron chi connectivity index (χ1n) is 7.53. The van der Waals surface area contributed by atoms with Gasteiger partial charge in [0.05, 0.1) is 13.5 Å². The highest BCUT2D eigenvalue weighted by Gasteiger charge is 2.46. The fourth-order valence-electron chi connectivity index (χ4n) is 3.13. The Hall–Kier alpha value is -2.15. The third kappa shape index (κ3) is 2.88. The number of carbonyl (C=O) groups excluding carboxylic acids is 2. The van der Waals surface area contributed by atoms with Gasteiger partial charge in [-0.2, -0.15) is 0 Å². The lowest BCUT2D eigenvalue weighted by Crippen LogP contribution is -2.47. The topological polar surface area (TPSA) is 59.1 Å². The Labute approximate surface area is 133 Å². The van der Waals surface area contributed by atoms with Gasteiger partial charge in [-0.15, -0.1) is 0 Å². The molecule has 0 aromatic heterocycles. The van der Waals surface area contributed by atoms with Crippen molar-refractivity contribution in [2.24, 2.45) is 0 Å². The molecule has 124 valence electrons. The van der Waals surface area contributed by atoms with Crippen LogP contribution in [-0.2, 0) is 9.63 Å². The first kappa shape index (κ1) is 15.7. The van der Waals surface area contributed by atoms with E-state index in [1.807, 2.05) is 0 Å². The van der Waals surface area contributed by atoms with Crippen molar-refractivity contribution in [3.63, 3.8) is 0 Å². The summed E-state index contributed by atoms with van der Waals surface area (Å²) in [6.07, 6.45) is 1.53. The Balaban J connectivity index is 1.67. The summed E-state index contributed by atoms with van der Waals surface area (Å²) < 4.78 is 18.6. The Morgan fingerprint density at radius 2 is 2.04 bits per heavy atom. The van der Waals surface area contributed by atoms with E-state index in [2.05, 4.69) is 0 Å². The molecule has 7 heteroatoms. The van der Waals surface area contributed by atoms with Gasteiger partial charge in [0.25, 0.3) is 5.91 Å². The summed E-state index contributed by atoms with van der Waals surface area (Å²) in [6.45, 7) is 0.960. The average molecular weight is 322 g/mol. The SMILES string of the molecule is COc1ccc(C(=O)N2CCC3(CC2)CC(=O)N(C)O3)cc1F. The molecule has 2 aliphatic heterocycles. The van der Waals surface area contributed by atoms with Crippen molar-refractivity contribution in [1.82, 2.24) is 9.96 Å². The molecule has 2 heterocycles. The van der Waals surface area contributed by atoms with Crippen molar-refractivity contribution in [3.05, 3.63) is 29.6 Å². The van der Waals surface area contributed by atoms with Crippen molar-refractivity contribution in [1.29, 1.82) is 0 Å². The van der Waals surface area contributed by atoms with Gasteiger partial charge in [0.2, 0.25) is 5.91 Å². The van der Waals surface area contributed by atoms with Crippen LogP contribution in [0, 0.1) is 5.82 Å². The van der Waals surface area contributed by atoms with Crippen LogP contribution in [0.1, 0.15) is 29.6 Å². The molecule has 2 amide bonds. The van der Waals surface area contributed by atoms with E-state index in [9.17, 15) is 14.0 Å². The van der Waals surface area contributed by atoms with E-state index in [1.165, 1.54) is 24.3 Å². The van der Waals surface area contributed by atoms with Crippen LogP contribution in [0.3, 0.4) is 0 Å². The van der Waals surface area contributed by atoms with Gasteiger partial charge in [-0.25, -0.2) is 9.45 Å². The highest BCUT2D eigenvalue weighted by Crippen LogP contribution is 2.36. The Kier molecular flexibility index (Phi) is 3.97. The minimum Gasteiger partial charge on any atom is -0.494 e. The highest BCUT2D eigenvalue weighted by molar-refractivity contribution is 5.94. The van der Waals surface area contributed by atoms with Crippen molar-refractivity contribution in [3.8, 4) is 5.75 Å². The molecule has 6 nitrogen and oxygen atoms in total. The number of amides is 2. The zero-order valence-corrected chi connectivity index (χ0v) is 13.2. The maximum Gasteiger partial charge on any atom is 0.253 e. The summed E-state index contributed by atoms with van der Waals surface area (Å²) >= 11 is 0. The molecule has 2 aliphatic rings. The van der Waals surface area contributed by atoms with Crippen LogP contribution in [0.25, 0.3) is 0 Å². The minimum atomic E-state index is -0.557. The molecule has 23 heavy (non-hydrogen) atoms. The van der Waals surface area contributed by atoms with E-state index in [1.54, 1.807) is 18.0 Å². The Bertz CT molecular complexity index is 641. The quantitative estimate of drug-likeness (QED) is 0.830. The number of methoxy groups -OCH3 is 1. The monoisotopic (exact) mass is 322 g/mol. The normalized spacial score (nSPS) is 20.2. The number of ether oxygens (including phenoxy) is 1. The predicted molar refractivity (Wildman–Crippen MR) is 79.3 cm³/mol. The predicted octanol–water partition coefficient (Wildman–Crippen LogP) is 1.60. The summed E-state index contributed by atoms with van der Waals surface area (Å²) in [6, 6.07) is 4.19. The fourth-order valence-corrected chi connectivity index (χ4v) is 3.13. The van der Waals surface area contributed by atoms with Gasteiger partial charge in [0, 0.05) is 25.7 Å². The zero-order valence-electron chi connectivity index (χ0n) is 13.2. The first-order valence-corrected chi connectivity index (χ1v) is 7.53. The zero-order chi connectivity index (χ0) is 16.6. The minimum absolute atomic E-state index is 0.0398. The third-order valence-electron chi connectivity index (χ3n) is 4.52. The number of hydroxylamine groups is 2. The number of rotatable bonds is 2. The van der Waals surface area contributed by atoms with Gasteiger partial charge < -0.3 is 9.64 Å². The van der Waals surface area contributed by atoms with Crippen LogP contribution in [0.15, 0.2) is 18.2 Å². The van der Waals surface area contributed by atoms with Crippen molar-refractivity contribution < 1.29 is 23.6 Å². The van der Waals surface area contributed by atoms with Crippen molar-refractivity contribution in [2.45, 2.75) is 24.9 Å². The first-order chi connectivity index (χ1) is 10.9. The molecule has 0 unspecified atom stereocenters. The lowest BCUT2D eigenvalue weighted by Gasteiger charge is -2.37. The molecule has 2 fully saturated rings. The maximum absolute atomic E-state index is 13.7. The second kappa shape index (κ2) is 5.81. The average Bonchev–Trinajstić information content (AvgIpc) is 2.81. The standard InChI is InChI=1S/C16H19FN2O4/c1-18-14(20)10-16(23-18)5-7-19(8-6-16)15(21)11-3-4-13(22-2)12(17)9-11/h3-4,9H,5-8,10H2,1-2H3. The molecule has 1 aromatic carbocycles. The van der Waals surface area contributed by atoms with Gasteiger partial charge in [0.1, 0.15) is 5.60 Å². The van der Waals surface area contributed by atoms with E-state index in [0.717, 1.165) is 0 Å². The molecule has 1 aromatic rings. The largest absolute Gasteiger partial charge is 0.494 e. The molecule has 0 radical (unpaired) electrons. The third-order valence-corrected chi connectivity index (χ3v) is 4.52. The number of nitrogens with zero attached hydrogens (tertiary/aromatic N) is 2. The van der Waals surface area contributed by atoms with Crippen LogP contribution >= 0.6 is 0 Å². The van der Waals surface area contributed by atoms with E-state index in [-0.39, 0.29) is 17.6 Å². The molecule has 0 N–H and O–H groups in total. The lowest BCUT2D eigenvalue weighted by molar-refractivity contribution is -0.197. The lowest BCUT2D eigenvalue weighted by atomic mass is 9.88. The van der Waals surface area contributed by atoms with Gasteiger partial charge in [-0.05, 0) is 31.0 Å². The molecule has 0 atom stereocenters. The molecule has 3 rings (SSSR count). The van der Waals surface area contributed by atoms with Gasteiger partial charge in [0.15, 0.2) is 11.6 Å². The summed E-state index contributed by atoms with van der Waals surface area (Å²) in [4.78, 5) is 31.5. The van der Waals surface area contributed by atoms with Crippen LogP contribution in [0.5, 0.6) is 5.75 Å². The number of hydrogen-bond acceptors (Lipinski definition) is 4. The van der Waals surface area contributed by atoms with Crippen LogP contribution < -0.4 is 4.74 Å². The molecule has 2 saturated heterocycles. The van der Waals surface area contributed by atoms with Gasteiger partial charge in [-0.3, -0.25) is 14.4 Å². The number of hydrogen-bond donors (Lipinski definition) is 0. The summed E-state index contributed by atoms with van der Waals surface area (Å²) in [5.41, 5.74) is -0.201. The number of benzene rings is 1. The summed E-state index contributed by atoms with van der Waals surface area (Å²) in [5.74, 6) is -0.709. The van der Waals surface area contributed by atoms with E-state index in [4.69, 9.17) is 9.57 Å². The van der Waals surface area contributed by atoms with Crippen molar-refractivity contribution in [2.75, 3.05) is 27.2 Å². The Morgan fingerprint density at radius 1 is 1.35 bits per heavy atom. The number of piperidine rings is 1. The van der Waals surface area contributed by atoms with Crippen LogP contribution in [-0.4, -0.2) is 54.6 Å². The van der Waals surface area contributed by atoms with Gasteiger partial charge in [-0.1, -0.05) is 0 Å². The molecule has 1 spiro atoms. The fraction of sp³-hybridized carbons (Fsp3) is 0.500. The molecule has 0 aliphatic carbocycles. The van der Waals surface area contributed by atoms with E-state index >= 15 is 0 Å². The molecule has 0 saturated carbocycles. The van der Waals surface area contributed by atoms with Crippen LogP contribution in [0.4, 0.5) is 4.39 Å². The van der Waals surface area contributed by atoms with Crippen LogP contribution in [0.2, 0.25) is 0 Å². The van der Waals surface area contributed by atoms with Gasteiger partial charge >= 0.3 is 0 Å². The number of halogens is 1. The Morgan fingerprint density at radius 3 is 2.57 bits per heavy atom. The number of carbonyl (C=O) groups is 2. The van der Waals surface area contributed by atoms with E-state index < -0.39 is 11.4 Å². The second-order valence-electron chi connectivity index (χ2n) is 5.98. The second-order valence-corrected chi connectivity index (χ2v) is 5.98. The molecular weight excluding hydrogens is 303 g/mol. The maximum atomic E-state index is 13.7. The summed E-state index contributed by atoms with van der Waals surface area (Å²) in [5, 5.41) is 1.27. The number of likely N-dealkylation sites (tertiary alicyclic amines) is 1. The van der Waals surface area contributed by atoms with Crippen molar-refractivity contribution >= 4 is 11.8 Å².